The van der Waals surface area contributed by atoms with Gasteiger partial charge in [0.15, 0.2) is 0 Å². The summed E-state index contributed by atoms with van der Waals surface area (Å²) < 4.78 is 5.12. The molecule has 0 radical (unpaired) electrons. The summed E-state index contributed by atoms with van der Waals surface area (Å²) in [6.07, 6.45) is 3.65. The number of likely N-dealkylation sites (tertiary alicyclic amines) is 1. The maximum atomic E-state index is 12.1. The number of benzene rings is 1. The van der Waals surface area contributed by atoms with Gasteiger partial charge < -0.3 is 9.64 Å². The summed E-state index contributed by atoms with van der Waals surface area (Å²) in [5.41, 5.74) is 0.971. The van der Waals surface area contributed by atoms with Crippen molar-refractivity contribution in [3.05, 3.63) is 35.4 Å². The maximum absolute atomic E-state index is 12.1. The Labute approximate surface area is 112 Å². The Bertz CT molecular complexity index is 537. The molecule has 1 saturated heterocycles. The highest BCUT2D eigenvalue weighted by Crippen LogP contribution is 2.17. The van der Waals surface area contributed by atoms with Crippen LogP contribution in [0.2, 0.25) is 0 Å². The smallest absolute Gasteiger partial charge is 0.264 e. The number of methoxy groups -OCH3 is 1. The SMILES string of the molecule is COc1cccc(/C=C(\C#N)C(=O)N2CCCC2)c1. The van der Waals surface area contributed by atoms with Gasteiger partial charge in [0.05, 0.1) is 7.11 Å². The van der Waals surface area contributed by atoms with Crippen LogP contribution in [-0.2, 0) is 4.79 Å². The predicted molar refractivity (Wildman–Crippen MR) is 72.4 cm³/mol. The van der Waals surface area contributed by atoms with Gasteiger partial charge in [0, 0.05) is 13.1 Å². The van der Waals surface area contributed by atoms with E-state index >= 15 is 0 Å². The molecule has 0 aliphatic carbocycles. The molecule has 0 saturated carbocycles. The minimum absolute atomic E-state index is 0.176. The van der Waals surface area contributed by atoms with E-state index in [1.54, 1.807) is 24.2 Å². The van der Waals surface area contributed by atoms with Crippen LogP contribution in [0, 0.1) is 11.3 Å². The van der Waals surface area contributed by atoms with Crippen LogP contribution in [0.1, 0.15) is 18.4 Å². The van der Waals surface area contributed by atoms with E-state index in [1.807, 2.05) is 24.3 Å². The van der Waals surface area contributed by atoms with E-state index in [2.05, 4.69) is 0 Å². The first kappa shape index (κ1) is 13.2. The van der Waals surface area contributed by atoms with Crippen molar-refractivity contribution < 1.29 is 9.53 Å². The fraction of sp³-hybridized carbons (Fsp3) is 0.333. The third-order valence-electron chi connectivity index (χ3n) is 3.15. The van der Waals surface area contributed by atoms with Gasteiger partial charge in [-0.05, 0) is 36.6 Å². The van der Waals surface area contributed by atoms with Crippen molar-refractivity contribution in [2.24, 2.45) is 0 Å². The molecule has 0 N–H and O–H groups in total. The van der Waals surface area contributed by atoms with Gasteiger partial charge in [0.1, 0.15) is 17.4 Å². The lowest BCUT2D eigenvalue weighted by Crippen LogP contribution is -2.28. The Kier molecular flexibility index (Phi) is 4.19. The van der Waals surface area contributed by atoms with Crippen molar-refractivity contribution >= 4 is 12.0 Å². The highest BCUT2D eigenvalue weighted by molar-refractivity contribution is 6.01. The number of hydrogen-bond donors (Lipinski definition) is 0. The quantitative estimate of drug-likeness (QED) is 0.615. The lowest BCUT2D eigenvalue weighted by molar-refractivity contribution is -0.125. The normalized spacial score (nSPS) is 15.2. The van der Waals surface area contributed by atoms with Crippen LogP contribution in [0.3, 0.4) is 0 Å². The first-order valence-electron chi connectivity index (χ1n) is 6.29. The highest BCUT2D eigenvalue weighted by Gasteiger charge is 2.21. The lowest BCUT2D eigenvalue weighted by atomic mass is 10.1. The molecule has 0 aromatic heterocycles. The molecule has 0 spiro atoms. The van der Waals surface area contributed by atoms with Gasteiger partial charge in [-0.2, -0.15) is 5.26 Å². The van der Waals surface area contributed by atoms with Gasteiger partial charge in [-0.1, -0.05) is 12.1 Å². The molecular weight excluding hydrogens is 240 g/mol. The lowest BCUT2D eigenvalue weighted by Gasteiger charge is -2.14. The second-order valence-electron chi connectivity index (χ2n) is 4.45. The summed E-state index contributed by atoms with van der Waals surface area (Å²) in [5, 5.41) is 9.15. The number of carbonyl (C=O) groups excluding carboxylic acids is 1. The van der Waals surface area contributed by atoms with Gasteiger partial charge in [-0.15, -0.1) is 0 Å². The topological polar surface area (TPSA) is 53.3 Å². The Morgan fingerprint density at radius 1 is 1.42 bits per heavy atom. The molecule has 0 unspecified atom stereocenters. The summed E-state index contributed by atoms with van der Waals surface area (Å²) in [5.74, 6) is 0.530. The van der Waals surface area contributed by atoms with Gasteiger partial charge in [0.25, 0.3) is 5.91 Å². The minimum atomic E-state index is -0.178. The highest BCUT2D eigenvalue weighted by atomic mass is 16.5. The summed E-state index contributed by atoms with van der Waals surface area (Å²) in [6.45, 7) is 1.49. The average molecular weight is 256 g/mol. The molecule has 2 rings (SSSR count). The number of nitrogens with zero attached hydrogens (tertiary/aromatic N) is 2. The molecule has 98 valence electrons. The molecule has 1 aliphatic heterocycles. The molecule has 1 amide bonds. The molecular formula is C15H16N2O2. The van der Waals surface area contributed by atoms with Crippen LogP contribution in [0.4, 0.5) is 0 Å². The first-order valence-corrected chi connectivity index (χ1v) is 6.29. The second-order valence-corrected chi connectivity index (χ2v) is 4.45. The van der Waals surface area contributed by atoms with E-state index < -0.39 is 0 Å². The van der Waals surface area contributed by atoms with E-state index in [4.69, 9.17) is 10.00 Å². The van der Waals surface area contributed by atoms with Crippen molar-refractivity contribution in [3.63, 3.8) is 0 Å². The fourth-order valence-electron chi connectivity index (χ4n) is 2.13. The Hall–Kier alpha value is -2.28. The second kappa shape index (κ2) is 6.05. The number of hydrogen-bond acceptors (Lipinski definition) is 3. The monoisotopic (exact) mass is 256 g/mol. The fourth-order valence-corrected chi connectivity index (χ4v) is 2.13. The van der Waals surface area contributed by atoms with Crippen molar-refractivity contribution in [1.82, 2.24) is 4.90 Å². The zero-order chi connectivity index (χ0) is 13.7. The Morgan fingerprint density at radius 2 is 2.16 bits per heavy atom. The number of amides is 1. The van der Waals surface area contributed by atoms with E-state index in [9.17, 15) is 4.79 Å². The van der Waals surface area contributed by atoms with E-state index in [1.165, 1.54) is 0 Å². The molecule has 4 nitrogen and oxygen atoms in total. The van der Waals surface area contributed by atoms with Crippen LogP contribution in [0.25, 0.3) is 6.08 Å². The van der Waals surface area contributed by atoms with Gasteiger partial charge in [0.2, 0.25) is 0 Å². The zero-order valence-corrected chi connectivity index (χ0v) is 10.9. The molecule has 4 heteroatoms. The van der Waals surface area contributed by atoms with Gasteiger partial charge in [-0.3, -0.25) is 4.79 Å². The molecule has 1 heterocycles. The van der Waals surface area contributed by atoms with Crippen molar-refractivity contribution in [1.29, 1.82) is 5.26 Å². The van der Waals surface area contributed by atoms with Crippen LogP contribution >= 0.6 is 0 Å². The molecule has 1 aliphatic rings. The molecule has 1 fully saturated rings. The van der Waals surface area contributed by atoms with Crippen LogP contribution < -0.4 is 4.74 Å². The average Bonchev–Trinajstić information content (AvgIpc) is 2.98. The summed E-state index contributed by atoms with van der Waals surface area (Å²) >= 11 is 0. The van der Waals surface area contributed by atoms with Gasteiger partial charge >= 0.3 is 0 Å². The molecule has 0 atom stereocenters. The Balaban J connectivity index is 2.22. The predicted octanol–water partition coefficient (Wildman–Crippen LogP) is 2.22. The van der Waals surface area contributed by atoms with Crippen LogP contribution in [0.5, 0.6) is 5.75 Å². The van der Waals surface area contributed by atoms with Crippen LogP contribution in [-0.4, -0.2) is 31.0 Å². The summed E-state index contributed by atoms with van der Waals surface area (Å²) in [7, 11) is 1.59. The first-order chi connectivity index (χ1) is 9.24. The number of ether oxygens (including phenoxy) is 1. The van der Waals surface area contributed by atoms with Crippen LogP contribution in [0.15, 0.2) is 29.8 Å². The van der Waals surface area contributed by atoms with E-state index in [0.717, 1.165) is 31.5 Å². The van der Waals surface area contributed by atoms with Gasteiger partial charge in [-0.25, -0.2) is 0 Å². The van der Waals surface area contributed by atoms with E-state index in [0.29, 0.717) is 5.75 Å². The third kappa shape index (κ3) is 3.14. The molecule has 1 aromatic carbocycles. The molecule has 19 heavy (non-hydrogen) atoms. The third-order valence-corrected chi connectivity index (χ3v) is 3.15. The summed E-state index contributed by atoms with van der Waals surface area (Å²) in [4.78, 5) is 13.9. The Morgan fingerprint density at radius 3 is 2.79 bits per heavy atom. The van der Waals surface area contributed by atoms with E-state index in [-0.39, 0.29) is 11.5 Å². The molecule has 0 bridgehead atoms. The standard InChI is InChI=1S/C15H16N2O2/c1-19-14-6-4-5-12(10-14)9-13(11-16)15(18)17-7-2-3-8-17/h4-6,9-10H,2-3,7-8H2,1H3/b13-9+. The minimum Gasteiger partial charge on any atom is -0.497 e. The zero-order valence-electron chi connectivity index (χ0n) is 10.9. The number of rotatable bonds is 3. The van der Waals surface area contributed by atoms with Crippen molar-refractivity contribution in [3.8, 4) is 11.8 Å². The molecule has 1 aromatic rings. The number of nitriles is 1. The maximum Gasteiger partial charge on any atom is 0.264 e. The number of carbonyl (C=O) groups is 1. The van der Waals surface area contributed by atoms with Crippen molar-refractivity contribution in [2.75, 3.05) is 20.2 Å². The largest absolute Gasteiger partial charge is 0.497 e. The summed E-state index contributed by atoms with van der Waals surface area (Å²) in [6, 6.07) is 9.30. The van der Waals surface area contributed by atoms with Crippen molar-refractivity contribution in [2.45, 2.75) is 12.8 Å².